The maximum absolute atomic E-state index is 12.5. The molecular formula is C14H10F3N3O. The summed E-state index contributed by atoms with van der Waals surface area (Å²) >= 11 is 0. The molecule has 0 amide bonds. The van der Waals surface area contributed by atoms with Crippen LogP contribution in [-0.2, 0) is 6.18 Å². The summed E-state index contributed by atoms with van der Waals surface area (Å²) in [5.74, 6) is 0. The van der Waals surface area contributed by atoms with E-state index in [0.29, 0.717) is 27.8 Å². The number of fused-ring (bicyclic) bond motifs is 1. The summed E-state index contributed by atoms with van der Waals surface area (Å²) in [5.41, 5.74) is 7.38. The van der Waals surface area contributed by atoms with Gasteiger partial charge in [0.05, 0.1) is 16.6 Å². The van der Waals surface area contributed by atoms with Crippen LogP contribution in [0.25, 0.3) is 22.2 Å². The highest BCUT2D eigenvalue weighted by molar-refractivity contribution is 5.89. The van der Waals surface area contributed by atoms with Crippen molar-refractivity contribution in [2.24, 2.45) is 0 Å². The monoisotopic (exact) mass is 293 g/mol. The zero-order valence-electron chi connectivity index (χ0n) is 10.6. The third-order valence-corrected chi connectivity index (χ3v) is 3.21. The van der Waals surface area contributed by atoms with Crippen LogP contribution in [0.4, 0.5) is 18.9 Å². The summed E-state index contributed by atoms with van der Waals surface area (Å²) in [6, 6.07) is 7.90. The molecule has 1 aromatic heterocycles. The number of alkyl halides is 3. The Morgan fingerprint density at radius 2 is 1.52 bits per heavy atom. The van der Waals surface area contributed by atoms with E-state index in [2.05, 4.69) is 9.97 Å². The van der Waals surface area contributed by atoms with Crippen molar-refractivity contribution in [3.05, 3.63) is 52.4 Å². The van der Waals surface area contributed by atoms with E-state index in [1.54, 1.807) is 12.1 Å². The molecule has 4 N–H and O–H groups in total. The molecule has 7 heteroatoms. The highest BCUT2D eigenvalue weighted by Crippen LogP contribution is 2.33. The van der Waals surface area contributed by atoms with Crippen LogP contribution in [0, 0.1) is 0 Å². The number of benzene rings is 2. The first-order valence-electron chi connectivity index (χ1n) is 6.04. The molecule has 2 aromatic carbocycles. The first kappa shape index (κ1) is 13.3. The number of imidazole rings is 1. The first-order chi connectivity index (χ1) is 9.84. The molecule has 108 valence electrons. The van der Waals surface area contributed by atoms with Gasteiger partial charge < -0.3 is 15.7 Å². The number of aromatic amines is 2. The fraction of sp³-hybridized carbons (Fsp3) is 0.0714. The first-order valence-corrected chi connectivity index (χ1v) is 6.04. The van der Waals surface area contributed by atoms with E-state index in [1.807, 2.05) is 0 Å². The van der Waals surface area contributed by atoms with Gasteiger partial charge in [-0.1, -0.05) is 12.1 Å². The largest absolute Gasteiger partial charge is 0.416 e. The molecule has 0 aliphatic rings. The smallest absolute Gasteiger partial charge is 0.398 e. The Bertz CT molecular complexity index is 860. The molecule has 0 aliphatic carbocycles. The van der Waals surface area contributed by atoms with Gasteiger partial charge in [0.15, 0.2) is 0 Å². The van der Waals surface area contributed by atoms with E-state index >= 15 is 0 Å². The van der Waals surface area contributed by atoms with Crippen molar-refractivity contribution in [1.29, 1.82) is 0 Å². The van der Waals surface area contributed by atoms with Gasteiger partial charge >= 0.3 is 11.9 Å². The lowest BCUT2D eigenvalue weighted by Crippen LogP contribution is -2.04. The average molecular weight is 293 g/mol. The lowest BCUT2D eigenvalue weighted by molar-refractivity contribution is -0.137. The van der Waals surface area contributed by atoms with Crippen LogP contribution >= 0.6 is 0 Å². The van der Waals surface area contributed by atoms with Gasteiger partial charge in [0.2, 0.25) is 0 Å². The molecule has 1 heterocycles. The molecule has 21 heavy (non-hydrogen) atoms. The Morgan fingerprint density at radius 1 is 0.952 bits per heavy atom. The van der Waals surface area contributed by atoms with Gasteiger partial charge in [-0.3, -0.25) is 0 Å². The molecule has 0 radical (unpaired) electrons. The minimum absolute atomic E-state index is 0.367. The van der Waals surface area contributed by atoms with E-state index in [1.165, 1.54) is 12.1 Å². The molecular weight excluding hydrogens is 283 g/mol. The van der Waals surface area contributed by atoms with Gasteiger partial charge in [0, 0.05) is 11.3 Å². The van der Waals surface area contributed by atoms with Crippen molar-refractivity contribution in [1.82, 2.24) is 9.97 Å². The summed E-state index contributed by atoms with van der Waals surface area (Å²) < 4.78 is 37.6. The molecule has 0 bridgehead atoms. The summed E-state index contributed by atoms with van der Waals surface area (Å²) in [6.45, 7) is 0. The fourth-order valence-corrected chi connectivity index (χ4v) is 2.19. The zero-order valence-corrected chi connectivity index (χ0v) is 10.6. The second-order valence-electron chi connectivity index (χ2n) is 4.64. The van der Waals surface area contributed by atoms with Crippen molar-refractivity contribution in [2.75, 3.05) is 5.73 Å². The summed E-state index contributed by atoms with van der Waals surface area (Å²) in [4.78, 5) is 16.4. The zero-order chi connectivity index (χ0) is 15.2. The summed E-state index contributed by atoms with van der Waals surface area (Å²) in [5, 5.41) is 0. The Kier molecular flexibility index (Phi) is 2.79. The molecule has 0 fully saturated rings. The van der Waals surface area contributed by atoms with E-state index in [4.69, 9.17) is 5.73 Å². The van der Waals surface area contributed by atoms with Gasteiger partial charge in [0.25, 0.3) is 0 Å². The van der Waals surface area contributed by atoms with Gasteiger partial charge in [-0.2, -0.15) is 13.2 Å². The average Bonchev–Trinajstić information content (AvgIpc) is 2.76. The van der Waals surface area contributed by atoms with Crippen LogP contribution in [0.1, 0.15) is 5.56 Å². The normalized spacial score (nSPS) is 12.0. The van der Waals surface area contributed by atoms with Crippen LogP contribution in [0.2, 0.25) is 0 Å². The SMILES string of the molecule is Nc1cc2[nH]c(=O)[nH]c2cc1-c1ccc(C(F)(F)F)cc1. The Morgan fingerprint density at radius 3 is 2.10 bits per heavy atom. The summed E-state index contributed by atoms with van der Waals surface area (Å²) in [7, 11) is 0. The van der Waals surface area contributed by atoms with Gasteiger partial charge in [-0.05, 0) is 29.8 Å². The molecule has 0 aliphatic heterocycles. The highest BCUT2D eigenvalue weighted by Gasteiger charge is 2.30. The van der Waals surface area contributed by atoms with Crippen molar-refractivity contribution in [3.8, 4) is 11.1 Å². The van der Waals surface area contributed by atoms with Gasteiger partial charge in [-0.25, -0.2) is 4.79 Å². The molecule has 0 unspecified atom stereocenters. The van der Waals surface area contributed by atoms with Gasteiger partial charge in [0.1, 0.15) is 0 Å². The number of H-pyrrole nitrogens is 2. The Labute approximate surface area is 116 Å². The molecule has 0 atom stereocenters. The third kappa shape index (κ3) is 2.37. The van der Waals surface area contributed by atoms with Crippen molar-refractivity contribution in [2.45, 2.75) is 6.18 Å². The molecule has 3 aromatic rings. The van der Waals surface area contributed by atoms with Crippen molar-refractivity contribution in [3.63, 3.8) is 0 Å². The lowest BCUT2D eigenvalue weighted by Gasteiger charge is -2.09. The number of rotatable bonds is 1. The number of hydrogen-bond acceptors (Lipinski definition) is 2. The van der Waals surface area contributed by atoms with E-state index in [9.17, 15) is 18.0 Å². The van der Waals surface area contributed by atoms with E-state index in [0.717, 1.165) is 12.1 Å². The van der Waals surface area contributed by atoms with Crippen LogP contribution in [-0.4, -0.2) is 9.97 Å². The van der Waals surface area contributed by atoms with Gasteiger partial charge in [-0.15, -0.1) is 0 Å². The molecule has 0 saturated carbocycles. The minimum atomic E-state index is -4.38. The fourth-order valence-electron chi connectivity index (χ4n) is 2.19. The maximum Gasteiger partial charge on any atom is 0.416 e. The quantitative estimate of drug-likeness (QED) is 0.603. The van der Waals surface area contributed by atoms with Crippen molar-refractivity contribution < 1.29 is 13.2 Å². The third-order valence-electron chi connectivity index (χ3n) is 3.21. The molecule has 0 saturated heterocycles. The predicted molar refractivity (Wildman–Crippen MR) is 73.8 cm³/mol. The van der Waals surface area contributed by atoms with E-state index < -0.39 is 11.7 Å². The van der Waals surface area contributed by atoms with E-state index in [-0.39, 0.29) is 5.69 Å². The molecule has 3 rings (SSSR count). The molecule has 4 nitrogen and oxygen atoms in total. The second kappa shape index (κ2) is 4.41. The number of nitrogen functional groups attached to an aromatic ring is 1. The number of anilines is 1. The number of halogens is 3. The number of nitrogens with one attached hydrogen (secondary N) is 2. The summed E-state index contributed by atoms with van der Waals surface area (Å²) in [6.07, 6.45) is -4.38. The second-order valence-corrected chi connectivity index (χ2v) is 4.64. The number of nitrogens with two attached hydrogens (primary N) is 1. The minimum Gasteiger partial charge on any atom is -0.398 e. The number of hydrogen-bond donors (Lipinski definition) is 3. The van der Waals surface area contributed by atoms with Crippen molar-refractivity contribution >= 4 is 16.7 Å². The van der Waals surface area contributed by atoms with Crippen LogP contribution in [0.5, 0.6) is 0 Å². The number of aromatic nitrogens is 2. The predicted octanol–water partition coefficient (Wildman–Crippen LogP) is 3.12. The Balaban J connectivity index is 2.11. The van der Waals surface area contributed by atoms with Crippen LogP contribution in [0.3, 0.4) is 0 Å². The molecule has 0 spiro atoms. The standard InChI is InChI=1S/C14H10F3N3O/c15-14(16,17)8-3-1-7(2-4-8)9-5-11-12(6-10(9)18)20-13(21)19-11/h1-6H,18H2,(H2,19,20,21). The topological polar surface area (TPSA) is 74.7 Å². The highest BCUT2D eigenvalue weighted by atomic mass is 19.4. The maximum atomic E-state index is 12.5. The Hall–Kier alpha value is -2.70. The van der Waals surface area contributed by atoms with Crippen LogP contribution < -0.4 is 11.4 Å². The lowest BCUT2D eigenvalue weighted by atomic mass is 10.0. The van der Waals surface area contributed by atoms with Crippen LogP contribution in [0.15, 0.2) is 41.2 Å².